The van der Waals surface area contributed by atoms with Crippen LogP contribution in [-0.2, 0) is 16.8 Å². The molecule has 0 aliphatic heterocycles. The van der Waals surface area contributed by atoms with Gasteiger partial charge in [-0.1, -0.05) is 58.9 Å². The highest BCUT2D eigenvalue weighted by molar-refractivity contribution is 5.76. The van der Waals surface area contributed by atoms with Gasteiger partial charge in [0.25, 0.3) is 0 Å². The number of hydrogen-bond donors (Lipinski definition) is 0. The van der Waals surface area contributed by atoms with Gasteiger partial charge in [-0.05, 0) is 89.2 Å². The minimum absolute atomic E-state index is 0.160. The van der Waals surface area contributed by atoms with E-state index in [1.807, 2.05) is 24.3 Å². The molecule has 0 bridgehead atoms. The van der Waals surface area contributed by atoms with Crippen molar-refractivity contribution in [1.29, 1.82) is 0 Å². The zero-order chi connectivity index (χ0) is 26.5. The highest BCUT2D eigenvalue weighted by atomic mass is 19.1. The van der Waals surface area contributed by atoms with Crippen LogP contribution in [0.25, 0.3) is 11.1 Å². The molecule has 3 rings (SSSR count). The molecule has 0 aliphatic carbocycles. The van der Waals surface area contributed by atoms with Crippen molar-refractivity contribution in [3.63, 3.8) is 0 Å². The van der Waals surface area contributed by atoms with Crippen LogP contribution in [0.3, 0.4) is 0 Å². The van der Waals surface area contributed by atoms with E-state index in [-0.39, 0.29) is 22.9 Å². The average Bonchev–Trinajstić information content (AvgIpc) is 2.81. The van der Waals surface area contributed by atoms with Gasteiger partial charge in [0.05, 0.1) is 7.11 Å². The summed E-state index contributed by atoms with van der Waals surface area (Å²) in [6.07, 6.45) is 1.53. The van der Waals surface area contributed by atoms with E-state index in [9.17, 15) is 9.18 Å². The number of ketones is 1. The second-order valence-corrected chi connectivity index (χ2v) is 11.1. The molecule has 3 aromatic rings. The van der Waals surface area contributed by atoms with Gasteiger partial charge in [-0.2, -0.15) is 0 Å². The van der Waals surface area contributed by atoms with E-state index < -0.39 is 0 Å². The molecule has 0 aliphatic rings. The standard InChI is InChI=1S/C32H39FO3/c1-21(2)16-25(17-22(3)34)24-9-11-26(12-10-24)36-20-23-8-14-30(32(4,5)6)28(18-23)29-19-27(35-7)13-15-31(29)33/h8-15,18-19,21,25H,16-17,20H2,1-7H3/t25-/m0/s1. The first-order valence-electron chi connectivity index (χ1n) is 12.7. The lowest BCUT2D eigenvalue weighted by Gasteiger charge is -2.24. The summed E-state index contributed by atoms with van der Waals surface area (Å²) < 4.78 is 26.3. The zero-order valence-corrected chi connectivity index (χ0v) is 22.7. The molecule has 0 saturated carbocycles. The normalized spacial score (nSPS) is 12.5. The molecule has 0 fully saturated rings. The fraction of sp³-hybridized carbons (Fsp3) is 0.406. The van der Waals surface area contributed by atoms with E-state index in [0.29, 0.717) is 30.3 Å². The van der Waals surface area contributed by atoms with Crippen LogP contribution in [-0.4, -0.2) is 12.9 Å². The highest BCUT2D eigenvalue weighted by Gasteiger charge is 2.21. The Hall–Kier alpha value is -3.14. The van der Waals surface area contributed by atoms with Crippen LogP contribution < -0.4 is 9.47 Å². The Morgan fingerprint density at radius 2 is 1.58 bits per heavy atom. The van der Waals surface area contributed by atoms with Crippen LogP contribution in [0.4, 0.5) is 4.39 Å². The van der Waals surface area contributed by atoms with Gasteiger partial charge in [-0.25, -0.2) is 4.39 Å². The van der Waals surface area contributed by atoms with Crippen molar-refractivity contribution in [2.24, 2.45) is 5.92 Å². The van der Waals surface area contributed by atoms with E-state index in [0.717, 1.165) is 34.4 Å². The second-order valence-electron chi connectivity index (χ2n) is 11.1. The minimum atomic E-state index is -0.281. The number of hydrogen-bond acceptors (Lipinski definition) is 3. The van der Waals surface area contributed by atoms with E-state index in [1.165, 1.54) is 6.07 Å². The zero-order valence-electron chi connectivity index (χ0n) is 22.7. The Morgan fingerprint density at radius 1 is 0.917 bits per heavy atom. The predicted molar refractivity (Wildman–Crippen MR) is 145 cm³/mol. The van der Waals surface area contributed by atoms with Gasteiger partial charge in [0.15, 0.2) is 0 Å². The van der Waals surface area contributed by atoms with Crippen molar-refractivity contribution in [3.8, 4) is 22.6 Å². The molecule has 0 amide bonds. The summed E-state index contributed by atoms with van der Waals surface area (Å²) in [7, 11) is 1.59. The van der Waals surface area contributed by atoms with Crippen molar-refractivity contribution < 1.29 is 18.7 Å². The summed E-state index contributed by atoms with van der Waals surface area (Å²) in [6.45, 7) is 12.8. The first-order valence-corrected chi connectivity index (χ1v) is 12.7. The third kappa shape index (κ3) is 7.19. The molecule has 1 atom stereocenters. The lowest BCUT2D eigenvalue weighted by atomic mass is 9.81. The summed E-state index contributed by atoms with van der Waals surface area (Å²) in [5.41, 5.74) is 4.38. The molecule has 3 aromatic carbocycles. The number of Topliss-reactive ketones (excluding diaryl/α,β-unsaturated/α-hetero) is 1. The van der Waals surface area contributed by atoms with Crippen molar-refractivity contribution in [2.45, 2.75) is 72.3 Å². The fourth-order valence-corrected chi connectivity index (χ4v) is 4.65. The Balaban J connectivity index is 1.84. The monoisotopic (exact) mass is 490 g/mol. The number of ether oxygens (including phenoxy) is 2. The van der Waals surface area contributed by atoms with Gasteiger partial charge >= 0.3 is 0 Å². The molecule has 0 unspecified atom stereocenters. The summed E-state index contributed by atoms with van der Waals surface area (Å²) in [4.78, 5) is 11.8. The maximum Gasteiger partial charge on any atom is 0.131 e. The third-order valence-corrected chi connectivity index (χ3v) is 6.40. The van der Waals surface area contributed by atoms with Gasteiger partial charge < -0.3 is 14.3 Å². The van der Waals surface area contributed by atoms with Crippen LogP contribution >= 0.6 is 0 Å². The van der Waals surface area contributed by atoms with Gasteiger partial charge in [0.2, 0.25) is 0 Å². The van der Waals surface area contributed by atoms with Crippen LogP contribution in [0.15, 0.2) is 60.7 Å². The molecule has 0 aromatic heterocycles. The van der Waals surface area contributed by atoms with Crippen molar-refractivity contribution in [1.82, 2.24) is 0 Å². The van der Waals surface area contributed by atoms with Crippen LogP contribution in [0, 0.1) is 11.7 Å². The van der Waals surface area contributed by atoms with Gasteiger partial charge in [-0.15, -0.1) is 0 Å². The molecule has 36 heavy (non-hydrogen) atoms. The van der Waals surface area contributed by atoms with E-state index in [2.05, 4.69) is 52.8 Å². The highest BCUT2D eigenvalue weighted by Crippen LogP contribution is 2.37. The Bertz CT molecular complexity index is 1170. The van der Waals surface area contributed by atoms with Crippen LogP contribution in [0.2, 0.25) is 0 Å². The van der Waals surface area contributed by atoms with Gasteiger partial charge in [0.1, 0.15) is 29.7 Å². The lowest BCUT2D eigenvalue weighted by molar-refractivity contribution is -0.117. The molecular weight excluding hydrogens is 451 g/mol. The fourth-order valence-electron chi connectivity index (χ4n) is 4.65. The molecule has 0 radical (unpaired) electrons. The van der Waals surface area contributed by atoms with Crippen LogP contribution in [0.1, 0.15) is 77.0 Å². The number of benzene rings is 3. The second kappa shape index (κ2) is 11.7. The first-order chi connectivity index (χ1) is 17.0. The summed E-state index contributed by atoms with van der Waals surface area (Å²) in [5.74, 6) is 2.05. The smallest absolute Gasteiger partial charge is 0.131 e. The van der Waals surface area contributed by atoms with Crippen molar-refractivity contribution in [3.05, 3.63) is 83.2 Å². The number of rotatable bonds is 10. The minimum Gasteiger partial charge on any atom is -0.497 e. The maximum absolute atomic E-state index is 14.9. The van der Waals surface area contributed by atoms with Crippen LogP contribution in [0.5, 0.6) is 11.5 Å². The number of methoxy groups -OCH3 is 1. The summed E-state index contributed by atoms with van der Waals surface area (Å²) >= 11 is 0. The number of carbonyl (C=O) groups excluding carboxylic acids is 1. The molecule has 0 saturated heterocycles. The molecule has 0 spiro atoms. The van der Waals surface area contributed by atoms with E-state index in [1.54, 1.807) is 26.2 Å². The Labute approximate surface area is 215 Å². The quantitative estimate of drug-likeness (QED) is 0.286. The molecular formula is C32H39FO3. The number of carbonyl (C=O) groups is 1. The molecule has 0 N–H and O–H groups in total. The lowest BCUT2D eigenvalue weighted by Crippen LogP contribution is -2.13. The predicted octanol–water partition coefficient (Wildman–Crippen LogP) is 8.49. The topological polar surface area (TPSA) is 35.5 Å². The first kappa shape index (κ1) is 27.4. The van der Waals surface area contributed by atoms with E-state index in [4.69, 9.17) is 9.47 Å². The van der Waals surface area contributed by atoms with Gasteiger partial charge in [-0.3, -0.25) is 0 Å². The molecule has 0 heterocycles. The summed E-state index contributed by atoms with van der Waals surface area (Å²) in [6, 6.07) is 19.0. The van der Waals surface area contributed by atoms with Gasteiger partial charge in [0, 0.05) is 12.0 Å². The molecule has 192 valence electrons. The Kier molecular flexibility index (Phi) is 8.94. The largest absolute Gasteiger partial charge is 0.497 e. The summed E-state index contributed by atoms with van der Waals surface area (Å²) in [5, 5.41) is 0. The maximum atomic E-state index is 14.9. The number of halogens is 1. The van der Waals surface area contributed by atoms with E-state index >= 15 is 0 Å². The molecule has 3 nitrogen and oxygen atoms in total. The van der Waals surface area contributed by atoms with Crippen molar-refractivity contribution >= 4 is 5.78 Å². The average molecular weight is 491 g/mol. The van der Waals surface area contributed by atoms with Crippen molar-refractivity contribution in [2.75, 3.05) is 7.11 Å². The third-order valence-electron chi connectivity index (χ3n) is 6.40. The SMILES string of the molecule is COc1ccc(F)c(-c2cc(COc3ccc([C@H](CC(C)=O)CC(C)C)cc3)ccc2C(C)(C)C)c1. The Morgan fingerprint density at radius 3 is 2.17 bits per heavy atom. The molecule has 4 heteroatoms.